The Morgan fingerprint density at radius 1 is 0.941 bits per heavy atom. The van der Waals surface area contributed by atoms with E-state index in [0.29, 0.717) is 59.2 Å². The van der Waals surface area contributed by atoms with Crippen molar-refractivity contribution in [3.63, 3.8) is 0 Å². The van der Waals surface area contributed by atoms with Gasteiger partial charge in [0.2, 0.25) is 5.95 Å². The van der Waals surface area contributed by atoms with Gasteiger partial charge in [-0.25, -0.2) is 14.8 Å². The Morgan fingerprint density at radius 3 is 2.44 bits per heavy atom. The molecule has 34 heavy (non-hydrogen) atoms. The number of H-pyrrole nitrogens is 1. The predicted octanol–water partition coefficient (Wildman–Crippen LogP) is 2.14. The van der Waals surface area contributed by atoms with E-state index in [-0.39, 0.29) is 12.5 Å². The van der Waals surface area contributed by atoms with E-state index in [1.165, 1.54) is 4.57 Å². The van der Waals surface area contributed by atoms with Crippen molar-refractivity contribution in [3.05, 3.63) is 97.9 Å². The van der Waals surface area contributed by atoms with Gasteiger partial charge in [0.05, 0.1) is 28.0 Å². The van der Waals surface area contributed by atoms with Gasteiger partial charge in [-0.1, -0.05) is 35.9 Å². The smallest absolute Gasteiger partial charge is 0.329 e. The van der Waals surface area contributed by atoms with Crippen LogP contribution >= 0.6 is 11.6 Å². The number of amides is 1. The van der Waals surface area contributed by atoms with Gasteiger partial charge in [-0.2, -0.15) is 0 Å². The van der Waals surface area contributed by atoms with Gasteiger partial charge in [-0.3, -0.25) is 19.1 Å². The van der Waals surface area contributed by atoms with Crippen molar-refractivity contribution in [3.8, 4) is 0 Å². The average molecular weight is 477 g/mol. The minimum absolute atomic E-state index is 0.120. The maximum absolute atomic E-state index is 13.3. The molecule has 172 valence electrons. The number of halogens is 1. The van der Waals surface area contributed by atoms with Crippen LogP contribution in [0, 0.1) is 0 Å². The van der Waals surface area contributed by atoms with Crippen LogP contribution in [0.5, 0.6) is 0 Å². The van der Waals surface area contributed by atoms with Gasteiger partial charge in [0.1, 0.15) is 0 Å². The Morgan fingerprint density at radius 2 is 1.68 bits per heavy atom. The summed E-state index contributed by atoms with van der Waals surface area (Å²) in [7, 11) is 0. The maximum Gasteiger partial charge on any atom is 0.329 e. The summed E-state index contributed by atoms with van der Waals surface area (Å²) in [5.41, 5.74) is 0.527. The molecule has 0 aliphatic carbocycles. The molecule has 1 aliphatic rings. The number of nitrogens with zero attached hydrogens (tertiary/aromatic N) is 5. The summed E-state index contributed by atoms with van der Waals surface area (Å²) in [6.45, 7) is 2.39. The number of hydrogen-bond acceptors (Lipinski definition) is 6. The molecule has 10 heteroatoms. The number of carbonyl (C=O) groups is 1. The SMILES string of the molecule is O=C(c1cccc(Cn2c(=O)[nH]c(=O)c3ccccc32)c1Cl)N1CCN(c2ncccn2)CC1. The fourth-order valence-corrected chi connectivity index (χ4v) is 4.44. The minimum Gasteiger partial charge on any atom is -0.337 e. The number of rotatable bonds is 4. The predicted molar refractivity (Wildman–Crippen MR) is 130 cm³/mol. The quantitative estimate of drug-likeness (QED) is 0.484. The van der Waals surface area contributed by atoms with Crippen molar-refractivity contribution in [2.45, 2.75) is 6.54 Å². The molecule has 4 aromatic rings. The van der Waals surface area contributed by atoms with E-state index >= 15 is 0 Å². The molecule has 0 spiro atoms. The lowest BCUT2D eigenvalue weighted by molar-refractivity contribution is 0.0746. The molecule has 1 aliphatic heterocycles. The molecule has 1 N–H and O–H groups in total. The van der Waals surface area contributed by atoms with E-state index < -0.39 is 11.2 Å². The molecule has 0 radical (unpaired) electrons. The molecule has 9 nitrogen and oxygen atoms in total. The zero-order chi connectivity index (χ0) is 23.7. The first kappa shape index (κ1) is 21.8. The Labute approximate surface area is 199 Å². The highest BCUT2D eigenvalue weighted by molar-refractivity contribution is 6.34. The Bertz CT molecular complexity index is 1480. The monoisotopic (exact) mass is 476 g/mol. The first-order valence-corrected chi connectivity index (χ1v) is 11.2. The second kappa shape index (κ2) is 9.11. The standard InChI is InChI=1S/C24H21ClN6O3/c25-20-16(15-31-19-8-2-1-6-17(19)21(32)28-24(31)34)5-3-7-18(20)22(33)29-11-13-30(14-12-29)23-26-9-4-10-27-23/h1-10H,11-15H2,(H,28,32,34). The number of piperazine rings is 1. The lowest BCUT2D eigenvalue weighted by Crippen LogP contribution is -2.49. The van der Waals surface area contributed by atoms with E-state index in [0.717, 1.165) is 0 Å². The molecule has 5 rings (SSSR count). The van der Waals surface area contributed by atoms with Crippen molar-refractivity contribution in [1.29, 1.82) is 0 Å². The van der Waals surface area contributed by atoms with Crippen molar-refractivity contribution >= 4 is 34.4 Å². The lowest BCUT2D eigenvalue weighted by Gasteiger charge is -2.34. The number of aromatic nitrogens is 4. The van der Waals surface area contributed by atoms with Gasteiger partial charge < -0.3 is 9.80 Å². The molecule has 2 aromatic heterocycles. The number of aromatic amines is 1. The zero-order valence-electron chi connectivity index (χ0n) is 18.1. The number of carbonyl (C=O) groups excluding carboxylic acids is 1. The maximum atomic E-state index is 13.3. The fourth-order valence-electron chi connectivity index (χ4n) is 4.17. The van der Waals surface area contributed by atoms with Crippen molar-refractivity contribution < 1.29 is 4.79 Å². The Hall–Kier alpha value is -3.98. The highest BCUT2D eigenvalue weighted by atomic mass is 35.5. The molecule has 0 atom stereocenters. The van der Waals surface area contributed by atoms with Gasteiger partial charge >= 0.3 is 5.69 Å². The summed E-state index contributed by atoms with van der Waals surface area (Å²) >= 11 is 6.67. The summed E-state index contributed by atoms with van der Waals surface area (Å²) in [5, 5.41) is 0.703. The highest BCUT2D eigenvalue weighted by Gasteiger charge is 2.25. The van der Waals surface area contributed by atoms with Crippen LogP contribution in [-0.4, -0.2) is 56.5 Å². The molecular formula is C24H21ClN6O3. The fraction of sp³-hybridized carbons (Fsp3) is 0.208. The van der Waals surface area contributed by atoms with Crippen molar-refractivity contribution in [2.75, 3.05) is 31.1 Å². The first-order valence-electron chi connectivity index (χ1n) is 10.8. The summed E-state index contributed by atoms with van der Waals surface area (Å²) < 4.78 is 1.45. The number of para-hydroxylation sites is 1. The molecular weight excluding hydrogens is 456 g/mol. The van der Waals surface area contributed by atoms with Crippen LogP contribution in [0.2, 0.25) is 5.02 Å². The van der Waals surface area contributed by atoms with E-state index in [1.807, 2.05) is 4.90 Å². The summed E-state index contributed by atoms with van der Waals surface area (Å²) in [6.07, 6.45) is 3.39. The third-order valence-corrected chi connectivity index (χ3v) is 6.39. The minimum atomic E-state index is -0.532. The Balaban J connectivity index is 1.39. The average Bonchev–Trinajstić information content (AvgIpc) is 2.88. The number of nitrogens with one attached hydrogen (secondary N) is 1. The van der Waals surface area contributed by atoms with Crippen LogP contribution in [0.25, 0.3) is 10.9 Å². The van der Waals surface area contributed by atoms with Gasteiger partial charge in [0.25, 0.3) is 11.5 Å². The molecule has 3 heterocycles. The second-order valence-corrected chi connectivity index (χ2v) is 8.35. The normalized spacial score (nSPS) is 13.9. The van der Waals surface area contributed by atoms with Crippen molar-refractivity contribution in [1.82, 2.24) is 24.4 Å². The highest BCUT2D eigenvalue weighted by Crippen LogP contribution is 2.25. The van der Waals surface area contributed by atoms with Crippen LogP contribution in [0.4, 0.5) is 5.95 Å². The van der Waals surface area contributed by atoms with E-state index in [9.17, 15) is 14.4 Å². The molecule has 0 bridgehead atoms. The zero-order valence-corrected chi connectivity index (χ0v) is 18.9. The summed E-state index contributed by atoms with van der Waals surface area (Å²) in [5.74, 6) is 0.479. The third kappa shape index (κ3) is 4.06. The Kier molecular flexibility index (Phi) is 5.85. The van der Waals surface area contributed by atoms with Crippen LogP contribution in [0.1, 0.15) is 15.9 Å². The van der Waals surface area contributed by atoms with Crippen LogP contribution in [0.3, 0.4) is 0 Å². The van der Waals surface area contributed by atoms with E-state index in [2.05, 4.69) is 15.0 Å². The van der Waals surface area contributed by atoms with Crippen LogP contribution in [0.15, 0.2) is 70.5 Å². The molecule has 1 saturated heterocycles. The molecule has 1 fully saturated rings. The van der Waals surface area contributed by atoms with Crippen molar-refractivity contribution in [2.24, 2.45) is 0 Å². The van der Waals surface area contributed by atoms with Gasteiger partial charge in [-0.15, -0.1) is 0 Å². The van der Waals surface area contributed by atoms with Gasteiger partial charge in [0.15, 0.2) is 0 Å². The second-order valence-electron chi connectivity index (χ2n) is 7.97. The topological polar surface area (TPSA) is 104 Å². The molecule has 2 aromatic carbocycles. The lowest BCUT2D eigenvalue weighted by atomic mass is 10.1. The molecule has 0 saturated carbocycles. The molecule has 1 amide bonds. The van der Waals surface area contributed by atoms with Crippen LogP contribution < -0.4 is 16.1 Å². The first-order chi connectivity index (χ1) is 16.5. The van der Waals surface area contributed by atoms with Gasteiger partial charge in [0, 0.05) is 38.6 Å². The number of hydrogen-bond donors (Lipinski definition) is 1. The number of anilines is 1. The number of benzene rings is 2. The summed E-state index contributed by atoms with van der Waals surface area (Å²) in [4.78, 5) is 52.7. The molecule has 0 unspecified atom stereocenters. The van der Waals surface area contributed by atoms with E-state index in [1.54, 1.807) is 65.8 Å². The van der Waals surface area contributed by atoms with E-state index in [4.69, 9.17) is 11.6 Å². The third-order valence-electron chi connectivity index (χ3n) is 5.94. The van der Waals surface area contributed by atoms with Gasteiger partial charge in [-0.05, 0) is 29.8 Å². The largest absolute Gasteiger partial charge is 0.337 e. The van der Waals surface area contributed by atoms with Crippen LogP contribution in [-0.2, 0) is 6.54 Å². The number of fused-ring (bicyclic) bond motifs is 1. The summed E-state index contributed by atoms with van der Waals surface area (Å²) in [6, 6.07) is 13.9.